The fourth-order valence-electron chi connectivity index (χ4n) is 1.37. The van der Waals surface area contributed by atoms with E-state index in [0.717, 1.165) is 13.0 Å². The summed E-state index contributed by atoms with van der Waals surface area (Å²) >= 11 is 0. The first-order valence-electron chi connectivity index (χ1n) is 4.99. The van der Waals surface area contributed by atoms with E-state index in [1.54, 1.807) is 23.9 Å². The van der Waals surface area contributed by atoms with E-state index in [1.807, 2.05) is 7.05 Å². The fraction of sp³-hybridized carbons (Fsp3) is 0.500. The molecular weight excluding hydrogens is 192 g/mol. The smallest absolute Gasteiger partial charge is 0.267 e. The van der Waals surface area contributed by atoms with Crippen LogP contribution in [0, 0.1) is 0 Å². The zero-order valence-electron chi connectivity index (χ0n) is 9.21. The molecule has 0 saturated carbocycles. The van der Waals surface area contributed by atoms with Gasteiger partial charge >= 0.3 is 0 Å². The number of carbonyl (C=O) groups excluding carboxylic acids is 1. The Labute approximate surface area is 89.6 Å². The Morgan fingerprint density at radius 1 is 1.53 bits per heavy atom. The van der Waals surface area contributed by atoms with Crippen molar-refractivity contribution in [2.24, 2.45) is 7.05 Å². The van der Waals surface area contributed by atoms with E-state index >= 15 is 0 Å². The highest BCUT2D eigenvalue weighted by Crippen LogP contribution is 2.07. The SMILES string of the molecule is CNCCCNC(=O)c1cc(N)cn1C. The Morgan fingerprint density at radius 3 is 2.80 bits per heavy atom. The van der Waals surface area contributed by atoms with Gasteiger partial charge in [0.25, 0.3) is 5.91 Å². The molecule has 0 aromatic carbocycles. The van der Waals surface area contributed by atoms with Gasteiger partial charge in [0, 0.05) is 19.8 Å². The predicted molar refractivity (Wildman–Crippen MR) is 60.7 cm³/mol. The first-order valence-corrected chi connectivity index (χ1v) is 4.99. The highest BCUT2D eigenvalue weighted by Gasteiger charge is 2.09. The largest absolute Gasteiger partial charge is 0.397 e. The van der Waals surface area contributed by atoms with Gasteiger partial charge in [-0.3, -0.25) is 4.79 Å². The molecule has 1 heterocycles. The van der Waals surface area contributed by atoms with E-state index in [4.69, 9.17) is 5.73 Å². The molecule has 0 aliphatic heterocycles. The number of hydrogen-bond donors (Lipinski definition) is 3. The van der Waals surface area contributed by atoms with Gasteiger partial charge in [0.1, 0.15) is 5.69 Å². The maximum Gasteiger partial charge on any atom is 0.267 e. The van der Waals surface area contributed by atoms with Crippen LogP contribution in [0.3, 0.4) is 0 Å². The second-order valence-corrected chi connectivity index (χ2v) is 3.48. The fourth-order valence-corrected chi connectivity index (χ4v) is 1.37. The Morgan fingerprint density at radius 2 is 2.27 bits per heavy atom. The summed E-state index contributed by atoms with van der Waals surface area (Å²) in [5, 5.41) is 5.85. The van der Waals surface area contributed by atoms with Crippen LogP contribution in [0.4, 0.5) is 5.69 Å². The highest BCUT2D eigenvalue weighted by atomic mass is 16.1. The van der Waals surface area contributed by atoms with Gasteiger partial charge in [-0.25, -0.2) is 0 Å². The van der Waals surface area contributed by atoms with E-state index in [1.165, 1.54) is 0 Å². The maximum absolute atomic E-state index is 11.6. The van der Waals surface area contributed by atoms with Gasteiger partial charge in [-0.1, -0.05) is 0 Å². The van der Waals surface area contributed by atoms with Crippen molar-refractivity contribution in [1.82, 2.24) is 15.2 Å². The third kappa shape index (κ3) is 3.28. The Balaban J connectivity index is 2.43. The van der Waals surface area contributed by atoms with Gasteiger partial charge in [-0.05, 0) is 26.1 Å². The summed E-state index contributed by atoms with van der Waals surface area (Å²) in [6.45, 7) is 1.57. The Kier molecular flexibility index (Phi) is 4.17. The number of nitrogens with one attached hydrogen (secondary N) is 2. The zero-order valence-corrected chi connectivity index (χ0v) is 9.21. The molecule has 5 heteroatoms. The van der Waals surface area contributed by atoms with Crippen LogP contribution in [0.25, 0.3) is 0 Å². The molecule has 1 rings (SSSR count). The summed E-state index contributed by atoms with van der Waals surface area (Å²) in [4.78, 5) is 11.6. The van der Waals surface area contributed by atoms with Crippen LogP contribution in [0.5, 0.6) is 0 Å². The van der Waals surface area contributed by atoms with E-state index in [9.17, 15) is 4.79 Å². The number of nitrogens with zero attached hydrogens (tertiary/aromatic N) is 1. The summed E-state index contributed by atoms with van der Waals surface area (Å²) in [5.74, 6) is -0.0784. The molecule has 0 aliphatic rings. The lowest BCUT2D eigenvalue weighted by atomic mass is 10.3. The molecule has 0 saturated heterocycles. The summed E-state index contributed by atoms with van der Waals surface area (Å²) in [7, 11) is 3.69. The minimum Gasteiger partial charge on any atom is -0.397 e. The van der Waals surface area contributed by atoms with Gasteiger partial charge in [-0.2, -0.15) is 0 Å². The number of aromatic nitrogens is 1. The number of rotatable bonds is 5. The summed E-state index contributed by atoms with van der Waals surface area (Å²) in [6, 6.07) is 1.67. The topological polar surface area (TPSA) is 72.1 Å². The first kappa shape index (κ1) is 11.6. The first-order chi connectivity index (χ1) is 7.15. The quantitative estimate of drug-likeness (QED) is 0.596. The molecule has 1 aromatic heterocycles. The molecule has 1 amide bonds. The number of nitrogens with two attached hydrogens (primary N) is 1. The monoisotopic (exact) mass is 210 g/mol. The summed E-state index contributed by atoms with van der Waals surface area (Å²) < 4.78 is 1.72. The molecule has 4 N–H and O–H groups in total. The molecule has 1 aromatic rings. The molecule has 0 radical (unpaired) electrons. The highest BCUT2D eigenvalue weighted by molar-refractivity contribution is 5.93. The van der Waals surface area contributed by atoms with Crippen LogP contribution in [0.2, 0.25) is 0 Å². The second kappa shape index (κ2) is 5.41. The van der Waals surface area contributed by atoms with Gasteiger partial charge in [-0.15, -0.1) is 0 Å². The molecular formula is C10H18N4O. The second-order valence-electron chi connectivity index (χ2n) is 3.48. The lowest BCUT2D eigenvalue weighted by Gasteiger charge is -2.05. The number of hydrogen-bond acceptors (Lipinski definition) is 3. The minimum absolute atomic E-state index is 0.0784. The average molecular weight is 210 g/mol. The van der Waals surface area contributed by atoms with E-state index in [-0.39, 0.29) is 5.91 Å². The number of amides is 1. The normalized spacial score (nSPS) is 10.3. The molecule has 0 atom stereocenters. The number of aryl methyl sites for hydroxylation is 1. The van der Waals surface area contributed by atoms with Gasteiger partial charge < -0.3 is 20.9 Å². The predicted octanol–water partition coefficient (Wildman–Crippen LogP) is -0.0534. The van der Waals surface area contributed by atoms with Crippen LogP contribution < -0.4 is 16.4 Å². The van der Waals surface area contributed by atoms with Crippen LogP contribution in [0.15, 0.2) is 12.3 Å². The van der Waals surface area contributed by atoms with Crippen molar-refractivity contribution < 1.29 is 4.79 Å². The lowest BCUT2D eigenvalue weighted by Crippen LogP contribution is -2.27. The van der Waals surface area contributed by atoms with Crippen molar-refractivity contribution in [1.29, 1.82) is 0 Å². The standard InChI is InChI=1S/C10H18N4O/c1-12-4-3-5-13-10(15)9-6-8(11)7-14(9)2/h6-7,12H,3-5,11H2,1-2H3,(H,13,15). The molecule has 15 heavy (non-hydrogen) atoms. The lowest BCUT2D eigenvalue weighted by molar-refractivity contribution is 0.0945. The van der Waals surface area contributed by atoms with Crippen molar-refractivity contribution in [2.75, 3.05) is 25.9 Å². The molecule has 0 fully saturated rings. The number of carbonyl (C=O) groups is 1. The molecule has 0 bridgehead atoms. The van der Waals surface area contributed by atoms with E-state index in [0.29, 0.717) is 17.9 Å². The zero-order chi connectivity index (χ0) is 11.3. The molecule has 84 valence electrons. The van der Waals surface area contributed by atoms with Crippen LogP contribution in [-0.2, 0) is 7.05 Å². The Bertz CT molecular complexity index is 332. The van der Waals surface area contributed by atoms with Crippen molar-refractivity contribution in [3.8, 4) is 0 Å². The number of anilines is 1. The molecule has 0 spiro atoms. The van der Waals surface area contributed by atoms with E-state index in [2.05, 4.69) is 10.6 Å². The average Bonchev–Trinajstić information content (AvgIpc) is 2.52. The van der Waals surface area contributed by atoms with Crippen molar-refractivity contribution >= 4 is 11.6 Å². The van der Waals surface area contributed by atoms with Crippen LogP contribution >= 0.6 is 0 Å². The van der Waals surface area contributed by atoms with E-state index < -0.39 is 0 Å². The summed E-state index contributed by atoms with van der Waals surface area (Å²) in [5.41, 5.74) is 6.79. The Hall–Kier alpha value is -1.49. The summed E-state index contributed by atoms with van der Waals surface area (Å²) in [6.07, 6.45) is 2.64. The van der Waals surface area contributed by atoms with Crippen molar-refractivity contribution in [3.63, 3.8) is 0 Å². The maximum atomic E-state index is 11.6. The molecule has 0 aliphatic carbocycles. The molecule has 5 nitrogen and oxygen atoms in total. The van der Waals surface area contributed by atoms with Gasteiger partial charge in [0.05, 0.1) is 5.69 Å². The minimum atomic E-state index is -0.0784. The third-order valence-corrected chi connectivity index (χ3v) is 2.15. The van der Waals surface area contributed by atoms with Gasteiger partial charge in [0.15, 0.2) is 0 Å². The van der Waals surface area contributed by atoms with Crippen molar-refractivity contribution in [2.45, 2.75) is 6.42 Å². The van der Waals surface area contributed by atoms with Crippen LogP contribution in [0.1, 0.15) is 16.9 Å². The molecule has 0 unspecified atom stereocenters. The number of nitrogen functional groups attached to an aromatic ring is 1. The van der Waals surface area contributed by atoms with Gasteiger partial charge in [0.2, 0.25) is 0 Å². The van der Waals surface area contributed by atoms with Crippen LogP contribution in [-0.4, -0.2) is 30.6 Å². The van der Waals surface area contributed by atoms with Crippen molar-refractivity contribution in [3.05, 3.63) is 18.0 Å². The third-order valence-electron chi connectivity index (χ3n) is 2.15.